The van der Waals surface area contributed by atoms with E-state index in [1.807, 2.05) is 18.2 Å². The van der Waals surface area contributed by atoms with E-state index in [1.54, 1.807) is 12.1 Å². The SMILES string of the molecule is O=C(c1ccccc1)C1(O)CCCCC1.[Zr]. The smallest absolute Gasteiger partial charge is 0.194 e. The average Bonchev–Trinajstić information content (AvgIpc) is 2.30. The Labute approximate surface area is 115 Å². The van der Waals surface area contributed by atoms with E-state index in [4.69, 9.17) is 0 Å². The Morgan fingerprint density at radius 2 is 1.62 bits per heavy atom. The normalized spacial score (nSPS) is 18.6. The van der Waals surface area contributed by atoms with Crippen LogP contribution in [-0.4, -0.2) is 16.5 Å². The second-order valence-corrected chi connectivity index (χ2v) is 4.29. The molecule has 0 aromatic heterocycles. The zero-order chi connectivity index (χ0) is 10.7. The summed E-state index contributed by atoms with van der Waals surface area (Å²) in [5.74, 6) is -0.109. The van der Waals surface area contributed by atoms with Gasteiger partial charge >= 0.3 is 0 Å². The minimum atomic E-state index is -1.10. The predicted molar refractivity (Wildman–Crippen MR) is 58.8 cm³/mol. The van der Waals surface area contributed by atoms with Crippen molar-refractivity contribution in [1.29, 1.82) is 0 Å². The van der Waals surface area contributed by atoms with Crippen molar-refractivity contribution in [3.63, 3.8) is 0 Å². The van der Waals surface area contributed by atoms with Gasteiger partial charge in [-0.3, -0.25) is 4.79 Å². The van der Waals surface area contributed by atoms with Crippen LogP contribution in [0.5, 0.6) is 0 Å². The molecular weight excluding hydrogens is 279 g/mol. The molecule has 2 nitrogen and oxygen atoms in total. The van der Waals surface area contributed by atoms with Crippen molar-refractivity contribution in [2.45, 2.75) is 37.7 Å². The van der Waals surface area contributed by atoms with Crippen LogP contribution in [0.1, 0.15) is 42.5 Å². The second kappa shape index (κ2) is 5.88. The first-order valence-corrected chi connectivity index (χ1v) is 5.55. The van der Waals surface area contributed by atoms with Gasteiger partial charge < -0.3 is 5.11 Å². The second-order valence-electron chi connectivity index (χ2n) is 4.29. The largest absolute Gasteiger partial charge is 0.382 e. The van der Waals surface area contributed by atoms with Gasteiger partial charge in [0.2, 0.25) is 0 Å². The van der Waals surface area contributed by atoms with Crippen molar-refractivity contribution >= 4 is 5.78 Å². The van der Waals surface area contributed by atoms with Crippen LogP contribution in [0.2, 0.25) is 0 Å². The molecule has 0 saturated heterocycles. The number of ketones is 1. The molecular formula is C13H16O2Zr. The predicted octanol–water partition coefficient (Wildman–Crippen LogP) is 2.56. The zero-order valence-electron chi connectivity index (χ0n) is 9.28. The first-order chi connectivity index (χ1) is 7.22. The standard InChI is InChI=1S/C13H16O2.Zr/c14-12(11-7-3-1-4-8-11)13(15)9-5-2-6-10-13;/h1,3-4,7-8,15H,2,5-6,9-10H2;. The molecule has 3 heteroatoms. The summed E-state index contributed by atoms with van der Waals surface area (Å²) < 4.78 is 0. The van der Waals surface area contributed by atoms with Gasteiger partial charge in [-0.1, -0.05) is 49.6 Å². The van der Waals surface area contributed by atoms with Crippen LogP contribution in [0.15, 0.2) is 30.3 Å². The fourth-order valence-electron chi connectivity index (χ4n) is 2.22. The van der Waals surface area contributed by atoms with Gasteiger partial charge in [-0.05, 0) is 12.8 Å². The third kappa shape index (κ3) is 2.89. The molecule has 1 aliphatic rings. The van der Waals surface area contributed by atoms with E-state index in [2.05, 4.69) is 0 Å². The van der Waals surface area contributed by atoms with E-state index in [1.165, 1.54) is 0 Å². The molecule has 1 fully saturated rings. The Kier molecular flexibility index (Phi) is 5.07. The summed E-state index contributed by atoms with van der Waals surface area (Å²) in [5.41, 5.74) is -0.471. The molecule has 0 unspecified atom stereocenters. The first-order valence-electron chi connectivity index (χ1n) is 5.55. The van der Waals surface area contributed by atoms with Gasteiger partial charge in [-0.15, -0.1) is 0 Å². The van der Waals surface area contributed by atoms with Crippen molar-refractivity contribution < 1.29 is 36.1 Å². The van der Waals surface area contributed by atoms with E-state index in [9.17, 15) is 9.90 Å². The molecule has 1 saturated carbocycles. The van der Waals surface area contributed by atoms with Crippen molar-refractivity contribution in [1.82, 2.24) is 0 Å². The van der Waals surface area contributed by atoms with Gasteiger partial charge in [0.15, 0.2) is 5.78 Å². The number of rotatable bonds is 2. The summed E-state index contributed by atoms with van der Waals surface area (Å²) in [6.07, 6.45) is 4.26. The summed E-state index contributed by atoms with van der Waals surface area (Å²) in [7, 11) is 0. The fraction of sp³-hybridized carbons (Fsp3) is 0.462. The Hall–Kier alpha value is -0.267. The topological polar surface area (TPSA) is 37.3 Å². The van der Waals surface area contributed by atoms with Crippen molar-refractivity contribution in [3.8, 4) is 0 Å². The maximum Gasteiger partial charge on any atom is 0.194 e. The molecule has 0 aliphatic heterocycles. The van der Waals surface area contributed by atoms with Gasteiger partial charge in [0, 0.05) is 31.8 Å². The zero-order valence-corrected chi connectivity index (χ0v) is 11.7. The van der Waals surface area contributed by atoms with Crippen LogP contribution in [0.3, 0.4) is 0 Å². The first kappa shape index (κ1) is 13.8. The third-order valence-electron chi connectivity index (χ3n) is 3.14. The van der Waals surface area contributed by atoms with E-state index >= 15 is 0 Å². The number of hydrogen-bond acceptors (Lipinski definition) is 2. The summed E-state index contributed by atoms with van der Waals surface area (Å²) in [6.45, 7) is 0. The van der Waals surface area contributed by atoms with Gasteiger partial charge in [0.1, 0.15) is 5.60 Å². The Morgan fingerprint density at radius 1 is 1.06 bits per heavy atom. The Morgan fingerprint density at radius 3 is 2.19 bits per heavy atom. The maximum atomic E-state index is 12.1. The number of carbonyl (C=O) groups excluding carboxylic acids is 1. The van der Waals surface area contributed by atoms with Gasteiger partial charge in [-0.25, -0.2) is 0 Å². The molecule has 0 radical (unpaired) electrons. The molecule has 1 N–H and O–H groups in total. The Bertz CT molecular complexity index is 342. The molecule has 0 atom stereocenters. The molecule has 0 bridgehead atoms. The molecule has 1 aromatic carbocycles. The number of hydrogen-bond donors (Lipinski definition) is 1. The average molecular weight is 295 g/mol. The van der Waals surface area contributed by atoms with Crippen molar-refractivity contribution in [3.05, 3.63) is 35.9 Å². The molecule has 1 aliphatic carbocycles. The van der Waals surface area contributed by atoms with Gasteiger partial charge in [0.05, 0.1) is 0 Å². The summed E-state index contributed by atoms with van der Waals surface area (Å²) in [6, 6.07) is 9.09. The van der Waals surface area contributed by atoms with Crippen LogP contribution in [-0.2, 0) is 26.2 Å². The van der Waals surface area contributed by atoms with Gasteiger partial charge in [0.25, 0.3) is 0 Å². The molecule has 2 rings (SSSR count). The molecule has 16 heavy (non-hydrogen) atoms. The summed E-state index contributed by atoms with van der Waals surface area (Å²) in [4.78, 5) is 12.1. The van der Waals surface area contributed by atoms with Crippen molar-refractivity contribution in [2.24, 2.45) is 0 Å². The van der Waals surface area contributed by atoms with Gasteiger partial charge in [-0.2, -0.15) is 0 Å². The molecule has 0 spiro atoms. The number of Topliss-reactive ketones (excluding diaryl/α,β-unsaturated/α-hetero) is 1. The van der Waals surface area contributed by atoms with Crippen LogP contribution in [0.25, 0.3) is 0 Å². The summed E-state index contributed by atoms with van der Waals surface area (Å²) >= 11 is 0. The van der Waals surface area contributed by atoms with Crippen LogP contribution in [0, 0.1) is 0 Å². The number of aliphatic hydroxyl groups is 1. The molecule has 84 valence electrons. The quantitative estimate of drug-likeness (QED) is 0.852. The van der Waals surface area contributed by atoms with Crippen LogP contribution >= 0.6 is 0 Å². The maximum absolute atomic E-state index is 12.1. The molecule has 0 heterocycles. The monoisotopic (exact) mass is 294 g/mol. The van der Waals surface area contributed by atoms with E-state index in [-0.39, 0.29) is 32.0 Å². The van der Waals surface area contributed by atoms with Crippen LogP contribution < -0.4 is 0 Å². The fourth-order valence-corrected chi connectivity index (χ4v) is 2.22. The molecule has 0 amide bonds. The van der Waals surface area contributed by atoms with E-state index < -0.39 is 5.60 Å². The van der Waals surface area contributed by atoms with E-state index in [0.717, 1.165) is 19.3 Å². The number of benzene rings is 1. The number of carbonyl (C=O) groups is 1. The minimum absolute atomic E-state index is 0. The van der Waals surface area contributed by atoms with E-state index in [0.29, 0.717) is 18.4 Å². The molecule has 1 aromatic rings. The Balaban J connectivity index is 0.00000128. The minimum Gasteiger partial charge on any atom is -0.382 e. The third-order valence-corrected chi connectivity index (χ3v) is 3.14. The van der Waals surface area contributed by atoms with Crippen molar-refractivity contribution in [2.75, 3.05) is 0 Å². The summed E-state index contributed by atoms with van der Waals surface area (Å²) in [5, 5.41) is 10.2. The van der Waals surface area contributed by atoms with Crippen LogP contribution in [0.4, 0.5) is 0 Å².